The van der Waals surface area contributed by atoms with Crippen molar-refractivity contribution in [2.75, 3.05) is 39.6 Å². The van der Waals surface area contributed by atoms with E-state index >= 15 is 0 Å². The summed E-state index contributed by atoms with van der Waals surface area (Å²) in [5.41, 5.74) is 0. The lowest BCUT2D eigenvalue weighted by Gasteiger charge is -2.21. The van der Waals surface area contributed by atoms with Crippen molar-refractivity contribution in [2.45, 2.75) is 334 Å². The van der Waals surface area contributed by atoms with E-state index in [0.717, 1.165) is 167 Å². The Balaban J connectivity index is 4.65. The van der Waals surface area contributed by atoms with E-state index in [9.17, 15) is 43.5 Å². The van der Waals surface area contributed by atoms with Crippen molar-refractivity contribution in [1.82, 2.24) is 0 Å². The average molecular weight is 1640 g/mol. The minimum absolute atomic E-state index is 0.0295. The number of esters is 3. The molecule has 0 aromatic rings. The predicted molar refractivity (Wildman–Crippen MR) is 481 cm³/mol. The number of hydrogen-bond acceptors (Lipinski definition) is 14. The van der Waals surface area contributed by atoms with Gasteiger partial charge in [0.2, 0.25) is 0 Å². The second kappa shape index (κ2) is 87.2. The number of aliphatic hydroxyl groups excluding tert-OH is 2. The van der Waals surface area contributed by atoms with E-state index in [-0.39, 0.29) is 19.3 Å². The Morgan fingerprint density at radius 3 is 0.722 bits per heavy atom. The maximum atomic E-state index is 13.0. The summed E-state index contributed by atoms with van der Waals surface area (Å²) in [6, 6.07) is 0. The summed E-state index contributed by atoms with van der Waals surface area (Å²) in [6.07, 6.45) is 119. The molecule has 115 heavy (non-hydrogen) atoms. The Morgan fingerprint density at radius 1 is 0.243 bits per heavy atom. The van der Waals surface area contributed by atoms with Crippen molar-refractivity contribution in [3.05, 3.63) is 219 Å². The summed E-state index contributed by atoms with van der Waals surface area (Å²) in [6.45, 7) is 2.24. The monoisotopic (exact) mass is 1640 g/mol. The van der Waals surface area contributed by atoms with E-state index in [2.05, 4.69) is 221 Å². The number of ether oxygens (including phenoxy) is 3. The molecule has 0 saturated heterocycles. The Hall–Kier alpha value is -6.13. The molecule has 5 atom stereocenters. The van der Waals surface area contributed by atoms with Crippen molar-refractivity contribution in [2.24, 2.45) is 0 Å². The Labute approximate surface area is 698 Å². The number of unbranched alkanes of at least 4 members (excludes halogenated alkanes) is 22. The van der Waals surface area contributed by atoms with Crippen molar-refractivity contribution in [3.8, 4) is 0 Å². The molecule has 0 radical (unpaired) electrons. The van der Waals surface area contributed by atoms with Gasteiger partial charge in [0.25, 0.3) is 0 Å². The van der Waals surface area contributed by atoms with Gasteiger partial charge in [-0.25, -0.2) is 9.13 Å². The van der Waals surface area contributed by atoms with Crippen LogP contribution in [0.15, 0.2) is 219 Å². The van der Waals surface area contributed by atoms with E-state index in [1.165, 1.54) is 83.5 Å². The van der Waals surface area contributed by atoms with Gasteiger partial charge in [0.1, 0.15) is 25.4 Å². The average Bonchev–Trinajstić information content (AvgIpc) is 0.896. The maximum absolute atomic E-state index is 13.0. The van der Waals surface area contributed by atoms with Gasteiger partial charge in [-0.3, -0.25) is 32.5 Å². The second-order valence-electron chi connectivity index (χ2n) is 28.5. The maximum Gasteiger partial charge on any atom is 0.472 e. The largest absolute Gasteiger partial charge is 0.472 e. The molecule has 0 heterocycles. The summed E-state index contributed by atoms with van der Waals surface area (Å²) in [5, 5.41) is 20.7. The van der Waals surface area contributed by atoms with Crippen LogP contribution in [-0.4, -0.2) is 95.9 Å². The van der Waals surface area contributed by atoms with E-state index in [1.807, 2.05) is 18.2 Å². The number of rotatable bonds is 81. The normalized spacial score (nSPS) is 14.9. The summed E-state index contributed by atoms with van der Waals surface area (Å²) in [7, 11) is -9.85. The van der Waals surface area contributed by atoms with E-state index in [0.29, 0.717) is 25.7 Å². The van der Waals surface area contributed by atoms with Gasteiger partial charge in [-0.1, -0.05) is 355 Å². The number of phosphoric acid groups is 2. The highest BCUT2D eigenvalue weighted by atomic mass is 31.2. The SMILES string of the molecule is CC/C=C\C/C=C\C/C=C\C/C=C\C/C=C\C/C=C\CCCCCCCCCCCCCCC(=O)OCC(O)COP(=O)(O)OCC(O)COP(=O)(O)OCC(COC(=O)CCCCCCCCCCCC/C=C\C/C=C\C/C=C\C/C=C\C/C=C\C/C=C\CC)OC(=O)CC/C=C\C/C=C\C/C=C\C/C=C\C/C=C\C/C=C\CC. The van der Waals surface area contributed by atoms with Gasteiger partial charge in [0.05, 0.1) is 26.4 Å². The number of phosphoric ester groups is 2. The second-order valence-corrected chi connectivity index (χ2v) is 31.5. The van der Waals surface area contributed by atoms with Gasteiger partial charge in [0.15, 0.2) is 6.10 Å². The van der Waals surface area contributed by atoms with Crippen LogP contribution in [0.4, 0.5) is 0 Å². The summed E-state index contributed by atoms with van der Waals surface area (Å²) < 4.78 is 61.3. The molecule has 0 aliphatic heterocycles. The first-order valence-corrected chi connectivity index (χ1v) is 47.0. The fraction of sp³-hybridized carbons (Fsp3) is 0.598. The zero-order valence-electron chi connectivity index (χ0n) is 71.4. The first-order valence-electron chi connectivity index (χ1n) is 44.0. The van der Waals surface area contributed by atoms with Crippen LogP contribution in [0.2, 0.25) is 0 Å². The molecule has 16 nitrogen and oxygen atoms in total. The third kappa shape index (κ3) is 88.5. The topological polar surface area (TPSA) is 231 Å². The smallest absolute Gasteiger partial charge is 0.463 e. The lowest BCUT2D eigenvalue weighted by Crippen LogP contribution is -2.29. The van der Waals surface area contributed by atoms with E-state index in [4.69, 9.17) is 32.3 Å². The number of carbonyl (C=O) groups is 3. The van der Waals surface area contributed by atoms with Crippen LogP contribution < -0.4 is 0 Å². The van der Waals surface area contributed by atoms with Crippen molar-refractivity contribution in [1.29, 1.82) is 0 Å². The molecule has 0 spiro atoms. The number of hydrogen-bond donors (Lipinski definition) is 4. The third-order valence-corrected chi connectivity index (χ3v) is 19.6. The first-order chi connectivity index (χ1) is 56.2. The standard InChI is InChI=1S/C97H156O16P2/c1-4-7-10-13-16-19-22-25-28-31-34-36-38-40-42-44-45-47-49-50-52-54-57-59-62-65-68-71-74-77-80-83-95(100)107-86-92(98)87-109-114(103,104)110-88-93(99)89-111-115(105,106)112-91-94(113-97(102)85-82-79-76-73-70-67-64-61-56-33-30-27-24-21-18-15-12-9-6-3)90-108-96(101)84-81-78-75-72-69-66-63-60-58-55-53-51-48-46-43-41-39-37-35-32-29-26-23-20-17-14-11-8-5-2/h7-12,16-21,25-30,34-37,40-43,45,47-48,51,56,61,67,70,76,79,92-94,98-99H,4-6,13-15,22-24,31-33,38-39,44,46,49-50,52-55,57-60,62-66,68-69,71-75,77-78,80-91H2,1-3H3,(H,103,104)(H,105,106)/b10-7-,11-8-,12-9-,19-16-,20-17-,21-18-,28-25-,29-26-,30-27-,36-34-,37-35-,42-40-,43-41-,47-45-,51-48-,61-56-,70-67-,79-76-. The minimum Gasteiger partial charge on any atom is -0.463 e. The summed E-state index contributed by atoms with van der Waals surface area (Å²) in [4.78, 5) is 58.9. The first kappa shape index (κ1) is 109. The molecule has 0 saturated carbocycles. The van der Waals surface area contributed by atoms with Crippen LogP contribution in [-0.2, 0) is 55.8 Å². The van der Waals surface area contributed by atoms with Gasteiger partial charge in [-0.2, -0.15) is 0 Å². The summed E-state index contributed by atoms with van der Waals surface area (Å²) in [5.74, 6) is -1.69. The van der Waals surface area contributed by atoms with Crippen molar-refractivity contribution < 1.29 is 75.8 Å². The molecule has 650 valence electrons. The van der Waals surface area contributed by atoms with Crippen LogP contribution in [0.3, 0.4) is 0 Å². The predicted octanol–water partition coefficient (Wildman–Crippen LogP) is 27.0. The molecule has 5 unspecified atom stereocenters. The molecule has 0 fully saturated rings. The molecule has 4 N–H and O–H groups in total. The molecule has 0 rings (SSSR count). The molecule has 0 amide bonds. The Kier molecular flexibility index (Phi) is 82.5. The van der Waals surface area contributed by atoms with Crippen LogP contribution in [0.5, 0.6) is 0 Å². The number of carbonyl (C=O) groups excluding carboxylic acids is 3. The van der Waals surface area contributed by atoms with Crippen LogP contribution >= 0.6 is 15.6 Å². The molecule has 18 heteroatoms. The van der Waals surface area contributed by atoms with Crippen molar-refractivity contribution in [3.63, 3.8) is 0 Å². The highest BCUT2D eigenvalue weighted by molar-refractivity contribution is 7.47. The van der Waals surface area contributed by atoms with Crippen molar-refractivity contribution >= 4 is 33.6 Å². The van der Waals surface area contributed by atoms with E-state index < -0.39 is 91.5 Å². The van der Waals surface area contributed by atoms with Gasteiger partial charge in [-0.05, 0) is 161 Å². The highest BCUT2D eigenvalue weighted by Gasteiger charge is 2.29. The molecule has 0 aliphatic rings. The van der Waals surface area contributed by atoms with Crippen LogP contribution in [0.1, 0.15) is 316 Å². The van der Waals surface area contributed by atoms with Crippen LogP contribution in [0, 0.1) is 0 Å². The fourth-order valence-electron chi connectivity index (χ4n) is 11.1. The lowest BCUT2D eigenvalue weighted by atomic mass is 10.0. The van der Waals surface area contributed by atoms with Gasteiger partial charge >= 0.3 is 33.6 Å². The Morgan fingerprint density at radius 2 is 0.452 bits per heavy atom. The highest BCUT2D eigenvalue weighted by Crippen LogP contribution is 2.45. The molecule has 0 bridgehead atoms. The van der Waals surface area contributed by atoms with Gasteiger partial charge < -0.3 is 34.2 Å². The lowest BCUT2D eigenvalue weighted by molar-refractivity contribution is -0.161. The van der Waals surface area contributed by atoms with Gasteiger partial charge in [-0.15, -0.1) is 0 Å². The summed E-state index contributed by atoms with van der Waals surface area (Å²) >= 11 is 0. The molecular formula is C97H156O16P2. The zero-order chi connectivity index (χ0) is 83.6. The van der Waals surface area contributed by atoms with E-state index in [1.54, 1.807) is 0 Å². The molecule has 0 aromatic heterocycles. The zero-order valence-corrected chi connectivity index (χ0v) is 73.2. The molecule has 0 aliphatic carbocycles. The number of allylic oxidation sites excluding steroid dienone is 36. The van der Waals surface area contributed by atoms with Crippen LogP contribution in [0.25, 0.3) is 0 Å². The third-order valence-electron chi connectivity index (χ3n) is 17.7. The quantitative estimate of drug-likeness (QED) is 0.0146. The minimum atomic E-state index is -4.97. The van der Waals surface area contributed by atoms with Gasteiger partial charge in [0, 0.05) is 19.3 Å². The Bertz CT molecular complexity index is 2970. The molecule has 0 aromatic carbocycles. The fourth-order valence-corrected chi connectivity index (χ4v) is 12.7. The molecular weight excluding hydrogens is 1480 g/mol. The number of aliphatic hydroxyl groups is 2.